The van der Waals surface area contributed by atoms with E-state index >= 15 is 0 Å². The van der Waals surface area contributed by atoms with Crippen LogP contribution in [0.3, 0.4) is 0 Å². The van der Waals surface area contributed by atoms with Gasteiger partial charge >= 0.3 is 12.0 Å². The number of hydrogen-bond acceptors (Lipinski definition) is 5. The zero-order valence-corrected chi connectivity index (χ0v) is 10.8. The first-order valence-electron chi connectivity index (χ1n) is 5.26. The van der Waals surface area contributed by atoms with Crippen molar-refractivity contribution in [2.45, 2.75) is 32.5 Å². The van der Waals surface area contributed by atoms with Gasteiger partial charge in [0.05, 0.1) is 12.6 Å². The van der Waals surface area contributed by atoms with Gasteiger partial charge in [-0.15, -0.1) is 11.3 Å². The lowest BCUT2D eigenvalue weighted by Crippen LogP contribution is -2.50. The van der Waals surface area contributed by atoms with Crippen LogP contribution in [0.4, 0.5) is 4.79 Å². The van der Waals surface area contributed by atoms with E-state index in [-0.39, 0.29) is 6.54 Å². The van der Waals surface area contributed by atoms with E-state index in [1.54, 1.807) is 6.20 Å². The van der Waals surface area contributed by atoms with Crippen LogP contribution in [-0.4, -0.2) is 39.3 Å². The van der Waals surface area contributed by atoms with E-state index in [0.717, 1.165) is 9.88 Å². The standard InChI is InChI=1S/C10H15N3O4S/c1-5-3-11-7(18-5)4-12-10(17)13-8(6(2)14)9(15)16/h3,6,8,14H,4H2,1-2H3,(H,15,16)(H2,12,13,17)/t6-,8+/m1/s1. The van der Waals surface area contributed by atoms with Gasteiger partial charge in [-0.2, -0.15) is 0 Å². The zero-order chi connectivity index (χ0) is 13.7. The number of aromatic nitrogens is 1. The Hall–Kier alpha value is -1.67. The molecule has 1 aromatic rings. The molecule has 1 heterocycles. The van der Waals surface area contributed by atoms with Crippen LogP contribution < -0.4 is 10.6 Å². The van der Waals surface area contributed by atoms with Gasteiger partial charge in [0.2, 0.25) is 0 Å². The zero-order valence-electron chi connectivity index (χ0n) is 10.0. The summed E-state index contributed by atoms with van der Waals surface area (Å²) < 4.78 is 0. The van der Waals surface area contributed by atoms with Crippen molar-refractivity contribution in [1.29, 1.82) is 0 Å². The van der Waals surface area contributed by atoms with Crippen LogP contribution in [0.1, 0.15) is 16.8 Å². The number of aliphatic carboxylic acids is 1. The van der Waals surface area contributed by atoms with Crippen molar-refractivity contribution in [3.63, 3.8) is 0 Å². The van der Waals surface area contributed by atoms with Crippen molar-refractivity contribution < 1.29 is 19.8 Å². The molecular formula is C10H15N3O4S. The molecule has 7 nitrogen and oxygen atoms in total. The molecule has 0 aliphatic heterocycles. The Labute approximate surface area is 108 Å². The third-order valence-corrected chi connectivity index (χ3v) is 3.02. The van der Waals surface area contributed by atoms with Gasteiger partial charge in [0.15, 0.2) is 6.04 Å². The van der Waals surface area contributed by atoms with Crippen molar-refractivity contribution in [2.75, 3.05) is 0 Å². The molecule has 0 fully saturated rings. The van der Waals surface area contributed by atoms with Crippen LogP contribution in [0.15, 0.2) is 6.20 Å². The fourth-order valence-corrected chi connectivity index (χ4v) is 1.95. The highest BCUT2D eigenvalue weighted by Gasteiger charge is 2.24. The van der Waals surface area contributed by atoms with Crippen molar-refractivity contribution in [1.82, 2.24) is 15.6 Å². The highest BCUT2D eigenvalue weighted by atomic mass is 32.1. The number of nitrogens with one attached hydrogen (secondary N) is 2. The molecule has 0 radical (unpaired) electrons. The number of urea groups is 1. The lowest BCUT2D eigenvalue weighted by molar-refractivity contribution is -0.141. The molecule has 0 aliphatic rings. The van der Waals surface area contributed by atoms with E-state index in [4.69, 9.17) is 5.11 Å². The number of aryl methyl sites for hydroxylation is 1. The monoisotopic (exact) mass is 273 g/mol. The number of carboxylic acid groups (broad SMARTS) is 1. The molecule has 0 aliphatic carbocycles. The molecule has 18 heavy (non-hydrogen) atoms. The van der Waals surface area contributed by atoms with E-state index in [2.05, 4.69) is 15.6 Å². The van der Waals surface area contributed by atoms with Crippen molar-refractivity contribution in [3.05, 3.63) is 16.1 Å². The highest BCUT2D eigenvalue weighted by molar-refractivity contribution is 7.11. The van der Waals surface area contributed by atoms with Gasteiger partial charge in [-0.1, -0.05) is 0 Å². The highest BCUT2D eigenvalue weighted by Crippen LogP contribution is 2.10. The van der Waals surface area contributed by atoms with E-state index in [1.165, 1.54) is 18.3 Å². The second-order valence-corrected chi connectivity index (χ2v) is 5.07. The van der Waals surface area contributed by atoms with Crippen LogP contribution in [0, 0.1) is 6.92 Å². The third-order valence-electron chi connectivity index (χ3n) is 2.10. The molecule has 4 N–H and O–H groups in total. The Morgan fingerprint density at radius 1 is 1.56 bits per heavy atom. The van der Waals surface area contributed by atoms with Gasteiger partial charge < -0.3 is 20.8 Å². The molecule has 0 aromatic carbocycles. The number of amides is 2. The van der Waals surface area contributed by atoms with E-state index in [0.29, 0.717) is 0 Å². The Bertz CT molecular complexity index is 433. The van der Waals surface area contributed by atoms with Crippen LogP contribution in [-0.2, 0) is 11.3 Å². The summed E-state index contributed by atoms with van der Waals surface area (Å²) in [7, 11) is 0. The number of hydrogen-bond donors (Lipinski definition) is 4. The van der Waals surface area contributed by atoms with Gasteiger partial charge in [-0.25, -0.2) is 14.6 Å². The minimum absolute atomic E-state index is 0.219. The molecule has 0 bridgehead atoms. The molecule has 100 valence electrons. The van der Waals surface area contributed by atoms with E-state index in [1.807, 2.05) is 6.92 Å². The molecule has 2 amide bonds. The van der Waals surface area contributed by atoms with Crippen LogP contribution in [0.2, 0.25) is 0 Å². The Morgan fingerprint density at radius 3 is 2.67 bits per heavy atom. The summed E-state index contributed by atoms with van der Waals surface area (Å²) in [4.78, 5) is 27.2. The number of carboxylic acids is 1. The van der Waals surface area contributed by atoms with Gasteiger partial charge in [-0.05, 0) is 13.8 Å². The second kappa shape index (κ2) is 6.31. The number of carbonyl (C=O) groups is 2. The van der Waals surface area contributed by atoms with Gasteiger partial charge in [0, 0.05) is 11.1 Å². The fraction of sp³-hybridized carbons (Fsp3) is 0.500. The minimum atomic E-state index is -1.33. The van der Waals surface area contributed by atoms with Gasteiger partial charge in [0.25, 0.3) is 0 Å². The summed E-state index contributed by atoms with van der Waals surface area (Å²) in [5, 5.41) is 23.3. The van der Waals surface area contributed by atoms with Crippen molar-refractivity contribution >= 4 is 23.3 Å². The maximum absolute atomic E-state index is 11.4. The summed E-state index contributed by atoms with van der Waals surface area (Å²) in [6.45, 7) is 3.41. The summed E-state index contributed by atoms with van der Waals surface area (Å²) in [5.74, 6) is -1.29. The van der Waals surface area contributed by atoms with Gasteiger partial charge in [-0.3, -0.25) is 0 Å². The second-order valence-electron chi connectivity index (χ2n) is 3.75. The smallest absolute Gasteiger partial charge is 0.328 e. The summed E-state index contributed by atoms with van der Waals surface area (Å²) in [6, 6.07) is -1.99. The van der Waals surface area contributed by atoms with Crippen molar-refractivity contribution in [3.8, 4) is 0 Å². The SMILES string of the molecule is Cc1cnc(CNC(=O)N[C@H](C(=O)O)[C@@H](C)O)s1. The number of nitrogens with zero attached hydrogens (tertiary/aromatic N) is 1. The van der Waals surface area contributed by atoms with Crippen LogP contribution in [0.25, 0.3) is 0 Å². The van der Waals surface area contributed by atoms with Crippen LogP contribution in [0.5, 0.6) is 0 Å². The number of aliphatic hydroxyl groups excluding tert-OH is 1. The first-order valence-corrected chi connectivity index (χ1v) is 6.08. The van der Waals surface area contributed by atoms with Gasteiger partial charge in [0.1, 0.15) is 5.01 Å². The average Bonchev–Trinajstić information content (AvgIpc) is 2.68. The third kappa shape index (κ3) is 4.30. The maximum Gasteiger partial charge on any atom is 0.328 e. The van der Waals surface area contributed by atoms with Crippen molar-refractivity contribution in [2.24, 2.45) is 0 Å². The molecule has 1 rings (SSSR count). The molecule has 0 saturated carbocycles. The predicted octanol–water partition coefficient (Wildman–Crippen LogP) is 0.0847. The first-order chi connectivity index (χ1) is 8.40. The Balaban J connectivity index is 2.43. The topological polar surface area (TPSA) is 112 Å². The van der Waals surface area contributed by atoms with Crippen LogP contribution >= 0.6 is 11.3 Å². The Morgan fingerprint density at radius 2 is 2.22 bits per heavy atom. The summed E-state index contributed by atoms with van der Waals surface area (Å²) >= 11 is 1.44. The molecule has 0 unspecified atom stereocenters. The molecule has 2 atom stereocenters. The number of aliphatic hydroxyl groups is 1. The summed E-state index contributed by atoms with van der Waals surface area (Å²) in [5.41, 5.74) is 0. The molecule has 0 saturated heterocycles. The predicted molar refractivity (Wildman–Crippen MR) is 65.3 cm³/mol. The quantitative estimate of drug-likeness (QED) is 0.607. The normalized spacial score (nSPS) is 13.7. The lowest BCUT2D eigenvalue weighted by Gasteiger charge is -2.17. The number of carbonyl (C=O) groups excluding carboxylic acids is 1. The molecular weight excluding hydrogens is 258 g/mol. The molecule has 8 heteroatoms. The fourth-order valence-electron chi connectivity index (χ4n) is 1.22. The average molecular weight is 273 g/mol. The summed E-state index contributed by atoms with van der Waals surface area (Å²) in [6.07, 6.45) is 0.519. The first kappa shape index (κ1) is 14.4. The molecule has 1 aromatic heterocycles. The number of rotatable bonds is 5. The molecule has 0 spiro atoms. The van der Waals surface area contributed by atoms with E-state index in [9.17, 15) is 14.7 Å². The van der Waals surface area contributed by atoms with E-state index < -0.39 is 24.1 Å². The number of thiazole rings is 1. The Kier molecular flexibility index (Phi) is 5.05. The lowest BCUT2D eigenvalue weighted by atomic mass is 10.2. The maximum atomic E-state index is 11.4. The minimum Gasteiger partial charge on any atom is -0.480 e. The largest absolute Gasteiger partial charge is 0.480 e.